The lowest BCUT2D eigenvalue weighted by Crippen LogP contribution is -2.26. The average molecular weight is 265 g/mol. The van der Waals surface area contributed by atoms with Gasteiger partial charge in [-0.3, -0.25) is 0 Å². The quantitative estimate of drug-likeness (QED) is 0.830. The Morgan fingerprint density at radius 3 is 2.47 bits per heavy atom. The van der Waals surface area contributed by atoms with Gasteiger partial charge >= 0.3 is 0 Å². The van der Waals surface area contributed by atoms with Crippen molar-refractivity contribution < 1.29 is 9.84 Å². The summed E-state index contributed by atoms with van der Waals surface area (Å²) in [5.41, 5.74) is 2.37. The molecule has 1 unspecified atom stereocenters. The zero-order valence-corrected chi connectivity index (χ0v) is 12.8. The van der Waals surface area contributed by atoms with E-state index < -0.39 is 0 Å². The first-order valence-corrected chi connectivity index (χ1v) is 6.96. The molecule has 0 radical (unpaired) electrons. The Morgan fingerprint density at radius 1 is 1.32 bits per heavy atom. The molecule has 0 aliphatic heterocycles. The van der Waals surface area contributed by atoms with Crippen molar-refractivity contribution in [1.29, 1.82) is 0 Å². The number of nitrogens with one attached hydrogen (secondary N) is 1. The fourth-order valence-electron chi connectivity index (χ4n) is 2.06. The third-order valence-corrected chi connectivity index (χ3v) is 3.29. The van der Waals surface area contributed by atoms with Gasteiger partial charge in [0, 0.05) is 5.56 Å². The van der Waals surface area contributed by atoms with Gasteiger partial charge in [-0.05, 0) is 36.1 Å². The Bertz CT molecular complexity index is 396. The van der Waals surface area contributed by atoms with E-state index in [4.69, 9.17) is 4.74 Å². The molecule has 1 atom stereocenters. The Labute approximate surface area is 117 Å². The summed E-state index contributed by atoms with van der Waals surface area (Å²) in [6, 6.07) is 6.16. The van der Waals surface area contributed by atoms with E-state index in [2.05, 4.69) is 45.1 Å². The molecule has 1 aromatic rings. The second kappa shape index (κ2) is 6.92. The molecule has 1 aromatic carbocycles. The SMILES string of the molecule is CCCNC(CO)c1cc(C(C)(C)C)ccc1OC. The summed E-state index contributed by atoms with van der Waals surface area (Å²) in [6.07, 6.45) is 1.04. The van der Waals surface area contributed by atoms with Crippen LogP contribution in [0.1, 0.15) is 51.3 Å². The number of rotatable bonds is 6. The van der Waals surface area contributed by atoms with E-state index in [1.54, 1.807) is 7.11 Å². The van der Waals surface area contributed by atoms with Crippen molar-refractivity contribution in [2.45, 2.75) is 45.6 Å². The standard InChI is InChI=1S/C16H27NO2/c1-6-9-17-14(11-18)13-10-12(16(2,3)4)7-8-15(13)19-5/h7-8,10,14,17-18H,6,9,11H2,1-5H3. The van der Waals surface area contributed by atoms with Gasteiger partial charge in [0.2, 0.25) is 0 Å². The molecule has 19 heavy (non-hydrogen) atoms. The van der Waals surface area contributed by atoms with Crippen LogP contribution in [0.25, 0.3) is 0 Å². The summed E-state index contributed by atoms with van der Waals surface area (Å²) in [4.78, 5) is 0. The molecule has 0 saturated heterocycles. The second-order valence-electron chi connectivity index (χ2n) is 5.90. The second-order valence-corrected chi connectivity index (χ2v) is 5.90. The lowest BCUT2D eigenvalue weighted by atomic mass is 9.85. The molecule has 3 nitrogen and oxygen atoms in total. The van der Waals surface area contributed by atoms with E-state index in [0.717, 1.165) is 24.3 Å². The van der Waals surface area contributed by atoms with Crippen molar-refractivity contribution in [2.24, 2.45) is 0 Å². The van der Waals surface area contributed by atoms with Crippen LogP contribution in [0.5, 0.6) is 5.75 Å². The summed E-state index contributed by atoms with van der Waals surface area (Å²) >= 11 is 0. The van der Waals surface area contributed by atoms with Crippen molar-refractivity contribution >= 4 is 0 Å². The number of ether oxygens (including phenoxy) is 1. The summed E-state index contributed by atoms with van der Waals surface area (Å²) in [6.45, 7) is 9.63. The number of aliphatic hydroxyl groups is 1. The van der Waals surface area contributed by atoms with Crippen molar-refractivity contribution in [2.75, 3.05) is 20.3 Å². The molecular formula is C16H27NO2. The molecule has 0 amide bonds. The van der Waals surface area contributed by atoms with Gasteiger partial charge in [-0.25, -0.2) is 0 Å². The monoisotopic (exact) mass is 265 g/mol. The molecule has 0 bridgehead atoms. The van der Waals surface area contributed by atoms with Crippen molar-refractivity contribution in [1.82, 2.24) is 5.32 Å². The lowest BCUT2D eigenvalue weighted by Gasteiger charge is -2.24. The van der Waals surface area contributed by atoms with Crippen LogP contribution >= 0.6 is 0 Å². The fourth-order valence-corrected chi connectivity index (χ4v) is 2.06. The first-order chi connectivity index (χ1) is 8.93. The van der Waals surface area contributed by atoms with E-state index in [0.29, 0.717) is 0 Å². The molecule has 2 N–H and O–H groups in total. The van der Waals surface area contributed by atoms with Gasteiger partial charge in [0.05, 0.1) is 19.8 Å². The van der Waals surface area contributed by atoms with Crippen LogP contribution in [-0.4, -0.2) is 25.4 Å². The topological polar surface area (TPSA) is 41.5 Å². The van der Waals surface area contributed by atoms with Crippen LogP contribution in [0.2, 0.25) is 0 Å². The normalized spacial score (nSPS) is 13.4. The van der Waals surface area contributed by atoms with Gasteiger partial charge in [-0.1, -0.05) is 33.8 Å². The molecule has 1 rings (SSSR count). The third kappa shape index (κ3) is 4.22. The maximum absolute atomic E-state index is 9.60. The maximum Gasteiger partial charge on any atom is 0.123 e. The van der Waals surface area contributed by atoms with E-state index >= 15 is 0 Å². The van der Waals surface area contributed by atoms with E-state index in [-0.39, 0.29) is 18.1 Å². The summed E-state index contributed by atoms with van der Waals surface area (Å²) in [5, 5.41) is 13.0. The van der Waals surface area contributed by atoms with Crippen LogP contribution in [0, 0.1) is 0 Å². The molecule has 0 aliphatic carbocycles. The highest BCUT2D eigenvalue weighted by Gasteiger charge is 2.20. The molecule has 0 aliphatic rings. The predicted molar refractivity (Wildman–Crippen MR) is 79.8 cm³/mol. The van der Waals surface area contributed by atoms with E-state index in [9.17, 15) is 5.11 Å². The van der Waals surface area contributed by atoms with Gasteiger partial charge in [-0.15, -0.1) is 0 Å². The highest BCUT2D eigenvalue weighted by molar-refractivity contribution is 5.41. The lowest BCUT2D eigenvalue weighted by molar-refractivity contribution is 0.241. The number of hydrogen-bond acceptors (Lipinski definition) is 3. The minimum absolute atomic E-state index is 0.0720. The van der Waals surface area contributed by atoms with E-state index in [1.165, 1.54) is 5.56 Å². The number of benzene rings is 1. The van der Waals surface area contributed by atoms with Crippen LogP contribution < -0.4 is 10.1 Å². The Balaban J connectivity index is 3.13. The molecule has 0 saturated carbocycles. The molecule has 3 heteroatoms. The van der Waals surface area contributed by atoms with Gasteiger partial charge in [-0.2, -0.15) is 0 Å². The summed E-state index contributed by atoms with van der Waals surface area (Å²) in [7, 11) is 1.67. The van der Waals surface area contributed by atoms with Gasteiger partial charge < -0.3 is 15.2 Å². The molecule has 108 valence electrons. The van der Waals surface area contributed by atoms with Crippen molar-refractivity contribution in [3.63, 3.8) is 0 Å². The maximum atomic E-state index is 9.60. The minimum Gasteiger partial charge on any atom is -0.496 e. The number of aliphatic hydroxyl groups excluding tert-OH is 1. The van der Waals surface area contributed by atoms with Crippen LogP contribution in [0.15, 0.2) is 18.2 Å². The highest BCUT2D eigenvalue weighted by Crippen LogP contribution is 2.31. The summed E-state index contributed by atoms with van der Waals surface area (Å²) in [5.74, 6) is 0.829. The molecule has 0 spiro atoms. The first-order valence-electron chi connectivity index (χ1n) is 6.96. The zero-order valence-electron chi connectivity index (χ0n) is 12.8. The van der Waals surface area contributed by atoms with Gasteiger partial charge in [0.1, 0.15) is 5.75 Å². The highest BCUT2D eigenvalue weighted by atomic mass is 16.5. The van der Waals surface area contributed by atoms with Crippen molar-refractivity contribution in [3.05, 3.63) is 29.3 Å². The third-order valence-electron chi connectivity index (χ3n) is 3.29. The Kier molecular flexibility index (Phi) is 5.83. The molecule has 0 aromatic heterocycles. The molecule has 0 heterocycles. The largest absolute Gasteiger partial charge is 0.496 e. The summed E-state index contributed by atoms with van der Waals surface area (Å²) < 4.78 is 5.42. The van der Waals surface area contributed by atoms with Gasteiger partial charge in [0.25, 0.3) is 0 Å². The Morgan fingerprint density at radius 2 is 2.00 bits per heavy atom. The van der Waals surface area contributed by atoms with Crippen molar-refractivity contribution in [3.8, 4) is 5.75 Å². The van der Waals surface area contributed by atoms with Crippen LogP contribution in [0.3, 0.4) is 0 Å². The van der Waals surface area contributed by atoms with Crippen LogP contribution in [0.4, 0.5) is 0 Å². The molecular weight excluding hydrogens is 238 g/mol. The van der Waals surface area contributed by atoms with Gasteiger partial charge in [0.15, 0.2) is 0 Å². The zero-order chi connectivity index (χ0) is 14.5. The first kappa shape index (κ1) is 16.0. The molecule has 0 fully saturated rings. The van der Waals surface area contributed by atoms with Crippen LogP contribution in [-0.2, 0) is 5.41 Å². The smallest absolute Gasteiger partial charge is 0.123 e. The average Bonchev–Trinajstić information content (AvgIpc) is 2.38. The van der Waals surface area contributed by atoms with E-state index in [1.807, 2.05) is 6.07 Å². The number of methoxy groups -OCH3 is 1. The number of hydrogen-bond donors (Lipinski definition) is 2. The predicted octanol–water partition coefficient (Wildman–Crippen LogP) is 3.03. The Hall–Kier alpha value is -1.06. The fraction of sp³-hybridized carbons (Fsp3) is 0.625. The minimum atomic E-state index is -0.0720.